The number of anilines is 1. The predicted molar refractivity (Wildman–Crippen MR) is 71.9 cm³/mol. The molecule has 17 heavy (non-hydrogen) atoms. The number of rotatable bonds is 1. The second-order valence-corrected chi connectivity index (χ2v) is 4.29. The zero-order valence-corrected chi connectivity index (χ0v) is 11.4. The minimum Gasteiger partial charge on any atom is -0.339 e. The molecule has 0 amide bonds. The third-order valence-electron chi connectivity index (χ3n) is 1.98. The van der Waals surface area contributed by atoms with E-state index in [2.05, 4.69) is 5.32 Å². The third-order valence-corrected chi connectivity index (χ3v) is 2.58. The Labute approximate surface area is 110 Å². The number of thiocarbonyl (C=S) groups is 1. The van der Waals surface area contributed by atoms with Crippen molar-refractivity contribution in [3.8, 4) is 0 Å². The largest absolute Gasteiger partial charge is 0.339 e. The highest BCUT2D eigenvalue weighted by Gasteiger charge is 2.09. The van der Waals surface area contributed by atoms with Crippen molar-refractivity contribution < 1.29 is 9.63 Å². The minimum absolute atomic E-state index is 0.297. The molecule has 6 heteroatoms. The van der Waals surface area contributed by atoms with Gasteiger partial charge in [-0.3, -0.25) is 4.79 Å². The fourth-order valence-corrected chi connectivity index (χ4v) is 1.57. The van der Waals surface area contributed by atoms with Crippen LogP contribution in [0.5, 0.6) is 0 Å². The molecule has 0 aliphatic heterocycles. The molecule has 0 atom stereocenters. The molecular weight excluding hydrogens is 260 g/mol. The van der Waals surface area contributed by atoms with Crippen molar-refractivity contribution in [1.29, 1.82) is 0 Å². The van der Waals surface area contributed by atoms with E-state index in [9.17, 15) is 4.79 Å². The van der Waals surface area contributed by atoms with Crippen LogP contribution < -0.4 is 5.32 Å². The fourth-order valence-electron chi connectivity index (χ4n) is 1.20. The Bertz CT molecular complexity index is 451. The van der Waals surface area contributed by atoms with Gasteiger partial charge in [0, 0.05) is 24.7 Å². The smallest absolute Gasteiger partial charge is 0.329 e. The van der Waals surface area contributed by atoms with Crippen molar-refractivity contribution in [2.24, 2.45) is 0 Å². The average molecular weight is 273 g/mol. The summed E-state index contributed by atoms with van der Waals surface area (Å²) in [6, 6.07) is 5.38. The molecule has 0 radical (unpaired) electrons. The normalized spacial score (nSPS) is 9.65. The Hall–Kier alpha value is -1.33. The lowest BCUT2D eigenvalue weighted by Crippen LogP contribution is -2.32. The Balaban J connectivity index is 2.71. The van der Waals surface area contributed by atoms with Crippen LogP contribution in [0.3, 0.4) is 0 Å². The lowest BCUT2D eigenvalue weighted by atomic mass is 10.2. The van der Waals surface area contributed by atoms with Gasteiger partial charge in [0.15, 0.2) is 0 Å². The highest BCUT2D eigenvalue weighted by molar-refractivity contribution is 7.80. The molecule has 1 N–H and O–H groups in total. The molecule has 0 bridgehead atoms. The predicted octanol–water partition coefficient (Wildman–Crippen LogP) is 2.76. The highest BCUT2D eigenvalue weighted by Crippen LogP contribution is 2.19. The summed E-state index contributed by atoms with van der Waals surface area (Å²) in [6.45, 7) is 3.22. The Morgan fingerprint density at radius 1 is 1.53 bits per heavy atom. The summed E-state index contributed by atoms with van der Waals surface area (Å²) < 4.78 is 0. The number of nitrogens with zero attached hydrogens (tertiary/aromatic N) is 1. The Morgan fingerprint density at radius 3 is 2.71 bits per heavy atom. The molecular formula is C11H13ClN2O2S. The van der Waals surface area contributed by atoms with Crippen LogP contribution in [0.2, 0.25) is 5.02 Å². The summed E-state index contributed by atoms with van der Waals surface area (Å²) in [7, 11) is 1.56. The first-order valence-corrected chi connectivity index (χ1v) is 5.68. The quantitative estimate of drug-likeness (QED) is 0.629. The number of hydrogen-bond donors (Lipinski definition) is 1. The van der Waals surface area contributed by atoms with Gasteiger partial charge in [0.1, 0.15) is 0 Å². The van der Waals surface area contributed by atoms with Gasteiger partial charge in [0.05, 0.1) is 0 Å². The van der Waals surface area contributed by atoms with Gasteiger partial charge in [-0.25, -0.2) is 0 Å². The Morgan fingerprint density at radius 2 is 2.18 bits per heavy atom. The number of nitrogens with one attached hydrogen (secondary N) is 1. The minimum atomic E-state index is -0.426. The standard InChI is InChI=1S/C11H13ClN2O2S/c1-7-6-9(12)4-5-10(7)13-11(17)14(3)16-8(2)15/h4-6H,1-3H3,(H,13,17). The molecule has 0 aromatic heterocycles. The monoisotopic (exact) mass is 272 g/mol. The van der Waals surface area contributed by atoms with E-state index in [1.54, 1.807) is 13.1 Å². The number of aryl methyl sites for hydroxylation is 1. The van der Waals surface area contributed by atoms with Gasteiger partial charge in [-0.2, -0.15) is 5.06 Å². The molecule has 0 saturated carbocycles. The summed E-state index contributed by atoms with van der Waals surface area (Å²) in [4.78, 5) is 15.6. The van der Waals surface area contributed by atoms with Gasteiger partial charge >= 0.3 is 5.97 Å². The van der Waals surface area contributed by atoms with Gasteiger partial charge < -0.3 is 10.2 Å². The van der Waals surface area contributed by atoms with Gasteiger partial charge in [-0.05, 0) is 42.9 Å². The zero-order valence-electron chi connectivity index (χ0n) is 9.78. The maximum Gasteiger partial charge on any atom is 0.329 e. The average Bonchev–Trinajstić information content (AvgIpc) is 2.21. The van der Waals surface area contributed by atoms with Crippen molar-refractivity contribution >= 4 is 40.6 Å². The molecule has 1 rings (SSSR count). The molecule has 0 aliphatic carbocycles. The summed E-state index contributed by atoms with van der Waals surface area (Å²) >= 11 is 10.9. The van der Waals surface area contributed by atoms with E-state index in [-0.39, 0.29) is 0 Å². The first-order chi connectivity index (χ1) is 7.90. The SMILES string of the molecule is CC(=O)ON(C)C(=S)Nc1ccc(Cl)cc1C. The van der Waals surface area contributed by atoms with Crippen LogP contribution in [0.25, 0.3) is 0 Å². The lowest BCUT2D eigenvalue weighted by Gasteiger charge is -2.19. The van der Waals surface area contributed by atoms with E-state index in [1.165, 1.54) is 12.0 Å². The van der Waals surface area contributed by atoms with Crippen molar-refractivity contribution in [2.75, 3.05) is 12.4 Å². The van der Waals surface area contributed by atoms with E-state index < -0.39 is 5.97 Å². The molecule has 0 saturated heterocycles. The number of carbonyl (C=O) groups is 1. The van der Waals surface area contributed by atoms with E-state index in [0.717, 1.165) is 11.3 Å². The maximum absolute atomic E-state index is 10.8. The molecule has 0 fully saturated rings. The first-order valence-electron chi connectivity index (χ1n) is 4.89. The number of halogens is 1. The maximum atomic E-state index is 10.8. The summed E-state index contributed by atoms with van der Waals surface area (Å²) in [5.74, 6) is -0.426. The highest BCUT2D eigenvalue weighted by atomic mass is 35.5. The molecule has 0 heterocycles. The van der Waals surface area contributed by atoms with E-state index in [1.807, 2.05) is 19.1 Å². The second kappa shape index (κ2) is 5.84. The van der Waals surface area contributed by atoms with Crippen LogP contribution in [-0.2, 0) is 9.63 Å². The van der Waals surface area contributed by atoms with Crippen LogP contribution in [0, 0.1) is 6.92 Å². The van der Waals surface area contributed by atoms with Crippen molar-refractivity contribution in [1.82, 2.24) is 5.06 Å². The molecule has 1 aromatic carbocycles. The fraction of sp³-hybridized carbons (Fsp3) is 0.273. The van der Waals surface area contributed by atoms with Crippen LogP contribution in [0.15, 0.2) is 18.2 Å². The van der Waals surface area contributed by atoms with Crippen molar-refractivity contribution in [3.63, 3.8) is 0 Å². The molecule has 0 spiro atoms. The van der Waals surface area contributed by atoms with E-state index in [4.69, 9.17) is 28.7 Å². The number of hydroxylamine groups is 2. The number of carbonyl (C=O) groups excluding carboxylic acids is 1. The van der Waals surface area contributed by atoms with Crippen LogP contribution >= 0.6 is 23.8 Å². The zero-order chi connectivity index (χ0) is 13.0. The van der Waals surface area contributed by atoms with E-state index >= 15 is 0 Å². The molecule has 92 valence electrons. The van der Waals surface area contributed by atoms with Crippen LogP contribution in [-0.4, -0.2) is 23.2 Å². The lowest BCUT2D eigenvalue weighted by molar-refractivity contribution is -0.165. The molecule has 1 aromatic rings. The Kier molecular flexibility index (Phi) is 4.72. The summed E-state index contributed by atoms with van der Waals surface area (Å²) in [5.41, 5.74) is 1.77. The van der Waals surface area contributed by atoms with Crippen LogP contribution in [0.4, 0.5) is 5.69 Å². The summed E-state index contributed by atoms with van der Waals surface area (Å²) in [6.07, 6.45) is 0. The first kappa shape index (κ1) is 13.7. The number of benzene rings is 1. The summed E-state index contributed by atoms with van der Waals surface area (Å²) in [5, 5.41) is 5.12. The second-order valence-electron chi connectivity index (χ2n) is 3.47. The van der Waals surface area contributed by atoms with Crippen molar-refractivity contribution in [3.05, 3.63) is 28.8 Å². The van der Waals surface area contributed by atoms with Gasteiger partial charge in [0.2, 0.25) is 5.11 Å². The van der Waals surface area contributed by atoms with Gasteiger partial charge in [-0.15, -0.1) is 0 Å². The molecule has 0 aliphatic rings. The van der Waals surface area contributed by atoms with Gasteiger partial charge in [-0.1, -0.05) is 11.6 Å². The van der Waals surface area contributed by atoms with E-state index in [0.29, 0.717) is 10.1 Å². The number of hydrogen-bond acceptors (Lipinski definition) is 3. The van der Waals surface area contributed by atoms with Crippen LogP contribution in [0.1, 0.15) is 12.5 Å². The molecule has 4 nitrogen and oxygen atoms in total. The topological polar surface area (TPSA) is 41.6 Å². The third kappa shape index (κ3) is 4.20. The molecule has 0 unspecified atom stereocenters. The van der Waals surface area contributed by atoms with Gasteiger partial charge in [0.25, 0.3) is 0 Å². The van der Waals surface area contributed by atoms with Crippen molar-refractivity contribution in [2.45, 2.75) is 13.8 Å².